The Bertz CT molecular complexity index is 439. The van der Waals surface area contributed by atoms with Crippen LogP contribution in [0.2, 0.25) is 0 Å². The lowest BCUT2D eigenvalue weighted by Crippen LogP contribution is -2.30. The highest BCUT2D eigenvalue weighted by Gasteiger charge is 2.15. The third-order valence-electron chi connectivity index (χ3n) is 2.83. The molecule has 0 saturated carbocycles. The van der Waals surface area contributed by atoms with Crippen LogP contribution in [0.5, 0.6) is 17.2 Å². The Morgan fingerprint density at radius 2 is 1.75 bits per heavy atom. The highest BCUT2D eigenvalue weighted by atomic mass is 79.9. The predicted molar refractivity (Wildman–Crippen MR) is 81.0 cm³/mol. The SMILES string of the molecule is CCC(Br)C(=O)NCc1cc(OC)c(OC)c(OC)c1. The number of nitrogens with one attached hydrogen (secondary N) is 1. The molecule has 0 aliphatic carbocycles. The fraction of sp³-hybridized carbons (Fsp3) is 0.500. The third-order valence-corrected chi connectivity index (χ3v) is 3.90. The molecule has 0 aliphatic heterocycles. The zero-order valence-electron chi connectivity index (χ0n) is 12.2. The minimum atomic E-state index is -0.176. The Hall–Kier alpha value is -1.43. The van der Waals surface area contributed by atoms with Gasteiger partial charge in [-0.15, -0.1) is 0 Å². The lowest BCUT2D eigenvalue weighted by Gasteiger charge is -2.15. The van der Waals surface area contributed by atoms with Crippen molar-refractivity contribution in [2.24, 2.45) is 0 Å². The molecule has 112 valence electrons. The second kappa shape index (κ2) is 7.99. The molecule has 1 amide bonds. The number of halogens is 1. The molecule has 0 heterocycles. The molecule has 1 rings (SSSR count). The predicted octanol–water partition coefficient (Wildman–Crippen LogP) is 2.50. The Morgan fingerprint density at radius 1 is 1.20 bits per heavy atom. The number of hydrogen-bond acceptors (Lipinski definition) is 4. The molecule has 0 radical (unpaired) electrons. The number of carbonyl (C=O) groups excluding carboxylic acids is 1. The smallest absolute Gasteiger partial charge is 0.234 e. The summed E-state index contributed by atoms with van der Waals surface area (Å²) in [6, 6.07) is 3.63. The van der Waals surface area contributed by atoms with E-state index in [2.05, 4.69) is 21.2 Å². The van der Waals surface area contributed by atoms with Crippen LogP contribution in [-0.4, -0.2) is 32.1 Å². The molecule has 0 fully saturated rings. The van der Waals surface area contributed by atoms with Crippen molar-refractivity contribution in [3.05, 3.63) is 17.7 Å². The molecule has 0 aliphatic rings. The van der Waals surface area contributed by atoms with Crippen molar-refractivity contribution in [1.29, 1.82) is 0 Å². The maximum absolute atomic E-state index is 11.7. The molecule has 20 heavy (non-hydrogen) atoms. The van der Waals surface area contributed by atoms with Gasteiger partial charge in [-0.1, -0.05) is 22.9 Å². The first-order valence-corrected chi connectivity index (χ1v) is 7.19. The zero-order valence-corrected chi connectivity index (χ0v) is 13.7. The number of alkyl halides is 1. The second-order valence-electron chi connectivity index (χ2n) is 4.13. The van der Waals surface area contributed by atoms with Crippen LogP contribution < -0.4 is 19.5 Å². The van der Waals surface area contributed by atoms with Gasteiger partial charge in [0, 0.05) is 6.54 Å². The fourth-order valence-corrected chi connectivity index (χ4v) is 1.88. The van der Waals surface area contributed by atoms with Gasteiger partial charge in [0.2, 0.25) is 11.7 Å². The van der Waals surface area contributed by atoms with E-state index in [1.807, 2.05) is 19.1 Å². The van der Waals surface area contributed by atoms with Gasteiger partial charge in [-0.05, 0) is 24.1 Å². The lowest BCUT2D eigenvalue weighted by atomic mass is 10.1. The summed E-state index contributed by atoms with van der Waals surface area (Å²) in [6.45, 7) is 2.34. The number of carbonyl (C=O) groups is 1. The number of amides is 1. The minimum absolute atomic E-state index is 0.0405. The maximum Gasteiger partial charge on any atom is 0.234 e. The Labute approximate surface area is 127 Å². The van der Waals surface area contributed by atoms with E-state index in [1.54, 1.807) is 21.3 Å². The van der Waals surface area contributed by atoms with Crippen molar-refractivity contribution in [2.75, 3.05) is 21.3 Å². The molecule has 0 spiro atoms. The Balaban J connectivity index is 2.88. The van der Waals surface area contributed by atoms with E-state index < -0.39 is 0 Å². The van der Waals surface area contributed by atoms with Crippen LogP contribution in [0.3, 0.4) is 0 Å². The quantitative estimate of drug-likeness (QED) is 0.771. The average molecular weight is 346 g/mol. The number of methoxy groups -OCH3 is 3. The van der Waals surface area contributed by atoms with Crippen LogP contribution in [0.15, 0.2) is 12.1 Å². The van der Waals surface area contributed by atoms with Crippen LogP contribution in [0.4, 0.5) is 0 Å². The first-order chi connectivity index (χ1) is 9.57. The van der Waals surface area contributed by atoms with Crippen LogP contribution >= 0.6 is 15.9 Å². The molecular formula is C14H20BrNO4. The largest absolute Gasteiger partial charge is 0.493 e. The summed E-state index contributed by atoms with van der Waals surface area (Å²) < 4.78 is 15.8. The first kappa shape index (κ1) is 16.6. The second-order valence-corrected chi connectivity index (χ2v) is 5.23. The first-order valence-electron chi connectivity index (χ1n) is 6.28. The number of ether oxygens (including phenoxy) is 3. The van der Waals surface area contributed by atoms with Crippen molar-refractivity contribution < 1.29 is 19.0 Å². The molecule has 5 nitrogen and oxygen atoms in total. The van der Waals surface area contributed by atoms with Gasteiger partial charge in [-0.25, -0.2) is 0 Å². The van der Waals surface area contributed by atoms with Crippen LogP contribution in [0.25, 0.3) is 0 Å². The van der Waals surface area contributed by atoms with E-state index in [9.17, 15) is 4.79 Å². The average Bonchev–Trinajstić information content (AvgIpc) is 2.50. The maximum atomic E-state index is 11.7. The molecule has 0 aromatic heterocycles. The number of rotatable bonds is 7. The summed E-state index contributed by atoms with van der Waals surface area (Å²) in [7, 11) is 4.68. The standard InChI is InChI=1S/C14H20BrNO4/c1-5-10(15)14(17)16-8-9-6-11(18-2)13(20-4)12(7-9)19-3/h6-7,10H,5,8H2,1-4H3,(H,16,17). The molecule has 1 atom stereocenters. The van der Waals surface area contributed by atoms with Gasteiger partial charge >= 0.3 is 0 Å². The van der Waals surface area contributed by atoms with Crippen LogP contribution in [0, 0.1) is 0 Å². The van der Waals surface area contributed by atoms with Gasteiger partial charge in [0.1, 0.15) is 0 Å². The highest BCUT2D eigenvalue weighted by Crippen LogP contribution is 2.38. The van der Waals surface area contributed by atoms with E-state index >= 15 is 0 Å². The summed E-state index contributed by atoms with van der Waals surface area (Å²) in [5.74, 6) is 1.64. The summed E-state index contributed by atoms with van der Waals surface area (Å²) in [5.41, 5.74) is 0.878. The van der Waals surface area contributed by atoms with Crippen LogP contribution in [0.1, 0.15) is 18.9 Å². The van der Waals surface area contributed by atoms with Gasteiger partial charge < -0.3 is 19.5 Å². The summed E-state index contributed by atoms with van der Waals surface area (Å²) in [4.78, 5) is 11.6. The number of benzene rings is 1. The summed E-state index contributed by atoms with van der Waals surface area (Å²) in [5, 5.41) is 2.85. The van der Waals surface area contributed by atoms with Crippen molar-refractivity contribution in [1.82, 2.24) is 5.32 Å². The van der Waals surface area contributed by atoms with E-state index in [4.69, 9.17) is 14.2 Å². The van der Waals surface area contributed by atoms with E-state index in [1.165, 1.54) is 0 Å². The third kappa shape index (κ3) is 4.03. The monoisotopic (exact) mass is 345 g/mol. The Kier molecular flexibility index (Phi) is 6.64. The van der Waals surface area contributed by atoms with Gasteiger partial charge in [0.05, 0.1) is 26.2 Å². The van der Waals surface area contributed by atoms with E-state index in [-0.39, 0.29) is 10.7 Å². The summed E-state index contributed by atoms with van der Waals surface area (Å²) >= 11 is 3.31. The van der Waals surface area contributed by atoms with Crippen molar-refractivity contribution >= 4 is 21.8 Å². The minimum Gasteiger partial charge on any atom is -0.493 e. The van der Waals surface area contributed by atoms with E-state index in [0.717, 1.165) is 12.0 Å². The zero-order chi connectivity index (χ0) is 15.1. The van der Waals surface area contributed by atoms with E-state index in [0.29, 0.717) is 23.8 Å². The highest BCUT2D eigenvalue weighted by molar-refractivity contribution is 9.10. The van der Waals surface area contributed by atoms with Gasteiger partial charge in [-0.2, -0.15) is 0 Å². The Morgan fingerprint density at radius 3 is 2.15 bits per heavy atom. The van der Waals surface area contributed by atoms with Gasteiger partial charge in [0.25, 0.3) is 0 Å². The lowest BCUT2D eigenvalue weighted by molar-refractivity contribution is -0.120. The molecule has 1 aromatic carbocycles. The molecule has 0 bridgehead atoms. The van der Waals surface area contributed by atoms with Gasteiger partial charge in [0.15, 0.2) is 11.5 Å². The normalized spacial score (nSPS) is 11.7. The molecule has 0 saturated heterocycles. The van der Waals surface area contributed by atoms with Crippen molar-refractivity contribution in [3.8, 4) is 17.2 Å². The molecule has 1 N–H and O–H groups in total. The molecule has 6 heteroatoms. The molecular weight excluding hydrogens is 326 g/mol. The van der Waals surface area contributed by atoms with Crippen molar-refractivity contribution in [3.63, 3.8) is 0 Å². The molecule has 1 aromatic rings. The van der Waals surface area contributed by atoms with Crippen LogP contribution in [-0.2, 0) is 11.3 Å². The fourth-order valence-electron chi connectivity index (χ4n) is 1.72. The number of hydrogen-bond donors (Lipinski definition) is 1. The van der Waals surface area contributed by atoms with Gasteiger partial charge in [-0.3, -0.25) is 4.79 Å². The van der Waals surface area contributed by atoms with Crippen molar-refractivity contribution in [2.45, 2.75) is 24.7 Å². The molecule has 1 unspecified atom stereocenters. The summed E-state index contributed by atoms with van der Waals surface area (Å²) in [6.07, 6.45) is 0.737. The topological polar surface area (TPSA) is 56.8 Å².